The summed E-state index contributed by atoms with van der Waals surface area (Å²) < 4.78 is 0. The molecule has 5 heteroatoms. The molecule has 0 radical (unpaired) electrons. The Kier molecular flexibility index (Phi) is 4.25. The summed E-state index contributed by atoms with van der Waals surface area (Å²) >= 11 is 5.97. The lowest BCUT2D eigenvalue weighted by Gasteiger charge is -2.17. The maximum atomic E-state index is 10.9. The molecule has 20 heavy (non-hydrogen) atoms. The van der Waals surface area contributed by atoms with Crippen molar-refractivity contribution in [2.24, 2.45) is 0 Å². The Balaban J connectivity index is 2.26. The summed E-state index contributed by atoms with van der Waals surface area (Å²) in [5.41, 5.74) is 2.54. The van der Waals surface area contributed by atoms with Crippen LogP contribution in [-0.4, -0.2) is 4.92 Å². The zero-order valence-corrected chi connectivity index (χ0v) is 12.0. The van der Waals surface area contributed by atoms with Gasteiger partial charge in [0, 0.05) is 28.4 Å². The molecular formula is C15H15ClN2O2. The number of nitrogens with zero attached hydrogens (tertiary/aromatic N) is 1. The molecule has 2 rings (SSSR count). The van der Waals surface area contributed by atoms with Crippen LogP contribution in [-0.2, 0) is 0 Å². The first-order valence-electron chi connectivity index (χ1n) is 6.25. The zero-order chi connectivity index (χ0) is 14.7. The van der Waals surface area contributed by atoms with Gasteiger partial charge in [-0.15, -0.1) is 0 Å². The van der Waals surface area contributed by atoms with Crippen molar-refractivity contribution in [2.75, 3.05) is 5.32 Å². The Morgan fingerprint density at radius 2 is 1.95 bits per heavy atom. The monoisotopic (exact) mass is 290 g/mol. The molecule has 4 nitrogen and oxygen atoms in total. The normalized spacial score (nSPS) is 11.9. The lowest BCUT2D eigenvalue weighted by molar-refractivity contribution is -0.385. The summed E-state index contributed by atoms with van der Waals surface area (Å²) in [4.78, 5) is 10.6. The van der Waals surface area contributed by atoms with E-state index >= 15 is 0 Å². The molecule has 1 N–H and O–H groups in total. The molecule has 0 aliphatic rings. The van der Waals surface area contributed by atoms with Crippen molar-refractivity contribution >= 4 is 23.0 Å². The number of anilines is 1. The van der Waals surface area contributed by atoms with Gasteiger partial charge in [-0.3, -0.25) is 10.1 Å². The fourth-order valence-corrected chi connectivity index (χ4v) is 2.27. The standard InChI is InChI=1S/C15H15ClN2O2/c1-10-14(7-4-8-15(10)18(19)20)17-11(2)12-5-3-6-13(16)9-12/h3-9,11,17H,1-2H3. The van der Waals surface area contributed by atoms with Crippen LogP contribution in [0.15, 0.2) is 42.5 Å². The average molecular weight is 291 g/mol. The number of benzene rings is 2. The number of nitrogens with one attached hydrogen (secondary N) is 1. The van der Waals surface area contributed by atoms with E-state index < -0.39 is 0 Å². The van der Waals surface area contributed by atoms with Crippen LogP contribution in [0.25, 0.3) is 0 Å². The Bertz CT molecular complexity index is 644. The first-order valence-corrected chi connectivity index (χ1v) is 6.63. The molecular weight excluding hydrogens is 276 g/mol. The molecule has 0 aliphatic carbocycles. The summed E-state index contributed by atoms with van der Waals surface area (Å²) in [6.45, 7) is 3.73. The van der Waals surface area contributed by atoms with Crippen LogP contribution in [0.1, 0.15) is 24.1 Å². The SMILES string of the molecule is Cc1c(NC(C)c2cccc(Cl)c2)cccc1[N+](=O)[O-]. The molecule has 0 fully saturated rings. The smallest absolute Gasteiger partial charge is 0.274 e. The molecule has 2 aromatic rings. The topological polar surface area (TPSA) is 55.2 Å². The summed E-state index contributed by atoms with van der Waals surface area (Å²) in [7, 11) is 0. The van der Waals surface area contributed by atoms with E-state index in [9.17, 15) is 10.1 Å². The summed E-state index contributed by atoms with van der Waals surface area (Å²) in [6.07, 6.45) is 0. The van der Waals surface area contributed by atoms with Gasteiger partial charge in [0.25, 0.3) is 5.69 Å². The fraction of sp³-hybridized carbons (Fsp3) is 0.200. The lowest BCUT2D eigenvalue weighted by Crippen LogP contribution is -2.08. The van der Waals surface area contributed by atoms with Crippen molar-refractivity contribution < 1.29 is 4.92 Å². The number of rotatable bonds is 4. The van der Waals surface area contributed by atoms with E-state index in [1.165, 1.54) is 6.07 Å². The summed E-state index contributed by atoms with van der Waals surface area (Å²) in [6, 6.07) is 12.6. The van der Waals surface area contributed by atoms with Crippen molar-refractivity contribution in [3.05, 3.63) is 68.7 Å². The molecule has 1 atom stereocenters. The summed E-state index contributed by atoms with van der Waals surface area (Å²) in [5, 5.41) is 14.9. The quantitative estimate of drug-likeness (QED) is 0.654. The van der Waals surface area contributed by atoms with Gasteiger partial charge in [-0.05, 0) is 37.6 Å². The molecule has 0 bridgehead atoms. The third-order valence-corrected chi connectivity index (χ3v) is 3.46. The predicted molar refractivity (Wildman–Crippen MR) is 81.3 cm³/mol. The minimum Gasteiger partial charge on any atom is -0.378 e. The Hall–Kier alpha value is -2.07. The van der Waals surface area contributed by atoms with Crippen molar-refractivity contribution in [1.82, 2.24) is 0 Å². The molecule has 104 valence electrons. The lowest BCUT2D eigenvalue weighted by atomic mass is 10.1. The van der Waals surface area contributed by atoms with Crippen molar-refractivity contribution in [3.8, 4) is 0 Å². The van der Waals surface area contributed by atoms with Crippen LogP contribution in [0.2, 0.25) is 5.02 Å². The zero-order valence-electron chi connectivity index (χ0n) is 11.3. The molecule has 0 amide bonds. The maximum absolute atomic E-state index is 10.9. The van der Waals surface area contributed by atoms with E-state index in [1.54, 1.807) is 13.0 Å². The highest BCUT2D eigenvalue weighted by Gasteiger charge is 2.15. The number of hydrogen-bond acceptors (Lipinski definition) is 3. The van der Waals surface area contributed by atoms with Gasteiger partial charge in [0.05, 0.1) is 4.92 Å². The second kappa shape index (κ2) is 5.92. The third kappa shape index (κ3) is 3.08. The van der Waals surface area contributed by atoms with Gasteiger partial charge in [-0.2, -0.15) is 0 Å². The molecule has 0 aliphatic heterocycles. The van der Waals surface area contributed by atoms with E-state index in [-0.39, 0.29) is 16.7 Å². The Labute approximate surface area is 122 Å². The molecule has 0 saturated heterocycles. The highest BCUT2D eigenvalue weighted by atomic mass is 35.5. The van der Waals surface area contributed by atoms with Crippen LogP contribution in [0.3, 0.4) is 0 Å². The van der Waals surface area contributed by atoms with Gasteiger partial charge < -0.3 is 5.32 Å². The molecule has 0 saturated carbocycles. The highest BCUT2D eigenvalue weighted by Crippen LogP contribution is 2.28. The minimum absolute atomic E-state index is 0.00871. The summed E-state index contributed by atoms with van der Waals surface area (Å²) in [5.74, 6) is 0. The van der Waals surface area contributed by atoms with Gasteiger partial charge in [-0.1, -0.05) is 29.8 Å². The van der Waals surface area contributed by atoms with Crippen LogP contribution < -0.4 is 5.32 Å². The van der Waals surface area contributed by atoms with E-state index in [4.69, 9.17) is 11.6 Å². The van der Waals surface area contributed by atoms with Crippen LogP contribution >= 0.6 is 11.6 Å². The van der Waals surface area contributed by atoms with E-state index in [0.717, 1.165) is 11.3 Å². The molecule has 2 aromatic carbocycles. The van der Waals surface area contributed by atoms with Gasteiger partial charge in [0.1, 0.15) is 0 Å². The molecule has 0 heterocycles. The van der Waals surface area contributed by atoms with Crippen molar-refractivity contribution in [3.63, 3.8) is 0 Å². The van der Waals surface area contributed by atoms with Gasteiger partial charge in [-0.25, -0.2) is 0 Å². The molecule has 1 unspecified atom stereocenters. The molecule has 0 spiro atoms. The fourth-order valence-electron chi connectivity index (χ4n) is 2.07. The second-order valence-electron chi connectivity index (χ2n) is 4.63. The minimum atomic E-state index is -0.370. The highest BCUT2D eigenvalue weighted by molar-refractivity contribution is 6.30. The first-order chi connectivity index (χ1) is 9.49. The van der Waals surface area contributed by atoms with Crippen LogP contribution in [0, 0.1) is 17.0 Å². The molecule has 0 aromatic heterocycles. The maximum Gasteiger partial charge on any atom is 0.274 e. The van der Waals surface area contributed by atoms with E-state index in [0.29, 0.717) is 10.6 Å². The van der Waals surface area contributed by atoms with Crippen LogP contribution in [0.4, 0.5) is 11.4 Å². The van der Waals surface area contributed by atoms with Crippen LogP contribution in [0.5, 0.6) is 0 Å². The van der Waals surface area contributed by atoms with Gasteiger partial charge in [0.15, 0.2) is 0 Å². The van der Waals surface area contributed by atoms with E-state index in [1.807, 2.05) is 37.3 Å². The van der Waals surface area contributed by atoms with Crippen molar-refractivity contribution in [1.29, 1.82) is 0 Å². The van der Waals surface area contributed by atoms with Gasteiger partial charge in [0.2, 0.25) is 0 Å². The first kappa shape index (κ1) is 14.3. The Morgan fingerprint density at radius 1 is 1.25 bits per heavy atom. The number of hydrogen-bond donors (Lipinski definition) is 1. The number of halogens is 1. The van der Waals surface area contributed by atoms with E-state index in [2.05, 4.69) is 5.32 Å². The largest absolute Gasteiger partial charge is 0.378 e. The second-order valence-corrected chi connectivity index (χ2v) is 5.06. The predicted octanol–water partition coefficient (Wildman–Crippen LogP) is 4.73. The number of nitro benzene ring substituents is 1. The Morgan fingerprint density at radius 3 is 2.60 bits per heavy atom. The van der Waals surface area contributed by atoms with Crippen molar-refractivity contribution in [2.45, 2.75) is 19.9 Å². The third-order valence-electron chi connectivity index (χ3n) is 3.22. The number of nitro groups is 1. The average Bonchev–Trinajstić information content (AvgIpc) is 2.40. The van der Waals surface area contributed by atoms with Gasteiger partial charge >= 0.3 is 0 Å².